The molecule has 0 atom stereocenters. The number of anilines is 1. The van der Waals surface area contributed by atoms with Gasteiger partial charge in [-0.1, -0.05) is 101 Å². The average molecular weight is 350 g/mol. The van der Waals surface area contributed by atoms with Crippen molar-refractivity contribution < 1.29 is 0 Å². The molecule has 0 bridgehead atoms. The number of unbranched alkanes of at least 4 members (excludes halogenated alkanes) is 8. The summed E-state index contributed by atoms with van der Waals surface area (Å²) in [6, 6.07) is 5.96. The summed E-state index contributed by atoms with van der Waals surface area (Å²) in [4.78, 5) is 0. The molecule has 0 fully saturated rings. The quantitative estimate of drug-likeness (QED) is 0.355. The van der Waals surface area contributed by atoms with Crippen molar-refractivity contribution in [3.8, 4) is 0 Å². The van der Waals surface area contributed by atoms with Crippen LogP contribution in [0.4, 0.5) is 5.69 Å². The van der Waals surface area contributed by atoms with E-state index in [-0.39, 0.29) is 5.54 Å². The Morgan fingerprint density at radius 2 is 1.58 bits per heavy atom. The number of rotatable bonds is 13. The van der Waals surface area contributed by atoms with Crippen LogP contribution in [0.5, 0.6) is 0 Å². The SMILES string of the molecule is C=Cc1cccc(Cl)c1NC(C)(C)CCCCCCCCCCC. The van der Waals surface area contributed by atoms with E-state index in [9.17, 15) is 0 Å². The van der Waals surface area contributed by atoms with Crippen molar-refractivity contribution in [1.82, 2.24) is 0 Å². The van der Waals surface area contributed by atoms with Crippen LogP contribution in [-0.4, -0.2) is 5.54 Å². The second kappa shape index (κ2) is 11.6. The third-order valence-electron chi connectivity index (χ3n) is 4.63. The first-order valence-corrected chi connectivity index (χ1v) is 10.1. The molecule has 0 spiro atoms. The van der Waals surface area contributed by atoms with Crippen LogP contribution in [0.2, 0.25) is 5.02 Å². The predicted octanol–water partition coefficient (Wildman–Crippen LogP) is 8.09. The molecule has 0 aliphatic heterocycles. The normalized spacial score (nSPS) is 11.5. The zero-order chi connectivity index (χ0) is 17.8. The summed E-state index contributed by atoms with van der Waals surface area (Å²) in [6.07, 6.45) is 15.3. The van der Waals surface area contributed by atoms with Gasteiger partial charge in [-0.25, -0.2) is 0 Å². The lowest BCUT2D eigenvalue weighted by Gasteiger charge is -2.29. The van der Waals surface area contributed by atoms with Crippen LogP contribution in [0.1, 0.15) is 90.5 Å². The second-order valence-electron chi connectivity index (χ2n) is 7.50. The van der Waals surface area contributed by atoms with Gasteiger partial charge in [-0.05, 0) is 31.9 Å². The largest absolute Gasteiger partial charge is 0.378 e. The van der Waals surface area contributed by atoms with Crippen LogP contribution in [0.25, 0.3) is 6.08 Å². The van der Waals surface area contributed by atoms with Gasteiger partial charge in [-0.2, -0.15) is 0 Å². The number of nitrogens with one attached hydrogen (secondary N) is 1. The molecule has 1 rings (SSSR count). The zero-order valence-corrected chi connectivity index (χ0v) is 16.7. The standard InChI is InChI=1S/C22H36ClN/c1-5-7-8-9-10-11-12-13-14-18-22(3,4)24-21-19(6-2)16-15-17-20(21)23/h6,15-17,24H,2,5,7-14,18H2,1,3-4H3. The van der Waals surface area contributed by atoms with Crippen molar-refractivity contribution in [2.45, 2.75) is 90.5 Å². The van der Waals surface area contributed by atoms with E-state index in [1.165, 1.54) is 57.8 Å². The van der Waals surface area contributed by atoms with Crippen molar-refractivity contribution in [2.75, 3.05) is 5.32 Å². The van der Waals surface area contributed by atoms with E-state index in [2.05, 4.69) is 38.7 Å². The first-order valence-electron chi connectivity index (χ1n) is 9.69. The molecular formula is C22H36ClN. The Kier molecular flexibility index (Phi) is 10.2. The zero-order valence-electron chi connectivity index (χ0n) is 16.0. The number of para-hydroxylation sites is 1. The molecule has 1 aromatic carbocycles. The lowest BCUT2D eigenvalue weighted by atomic mass is 9.95. The van der Waals surface area contributed by atoms with Gasteiger partial charge in [0.2, 0.25) is 0 Å². The maximum absolute atomic E-state index is 6.36. The molecule has 2 heteroatoms. The van der Waals surface area contributed by atoms with E-state index < -0.39 is 0 Å². The van der Waals surface area contributed by atoms with Gasteiger partial charge in [-0.3, -0.25) is 0 Å². The number of hydrogen-bond donors (Lipinski definition) is 1. The molecule has 24 heavy (non-hydrogen) atoms. The summed E-state index contributed by atoms with van der Waals surface area (Å²) in [5.41, 5.74) is 2.13. The van der Waals surface area contributed by atoms with Crippen LogP contribution < -0.4 is 5.32 Å². The molecule has 1 aromatic rings. The fourth-order valence-electron chi connectivity index (χ4n) is 3.12. The molecule has 0 amide bonds. The van der Waals surface area contributed by atoms with E-state index in [0.29, 0.717) is 0 Å². The Hall–Kier alpha value is -0.950. The second-order valence-corrected chi connectivity index (χ2v) is 7.90. The van der Waals surface area contributed by atoms with E-state index in [1.54, 1.807) is 0 Å². The highest BCUT2D eigenvalue weighted by Gasteiger charge is 2.19. The van der Waals surface area contributed by atoms with Crippen LogP contribution in [-0.2, 0) is 0 Å². The Morgan fingerprint density at radius 3 is 2.17 bits per heavy atom. The maximum Gasteiger partial charge on any atom is 0.0643 e. The summed E-state index contributed by atoms with van der Waals surface area (Å²) in [5.74, 6) is 0. The minimum atomic E-state index is 0.0455. The molecule has 1 nitrogen and oxygen atoms in total. The highest BCUT2D eigenvalue weighted by atomic mass is 35.5. The topological polar surface area (TPSA) is 12.0 Å². The van der Waals surface area contributed by atoms with Gasteiger partial charge in [0.15, 0.2) is 0 Å². The molecule has 0 aromatic heterocycles. The minimum Gasteiger partial charge on any atom is -0.378 e. The summed E-state index contributed by atoms with van der Waals surface area (Å²) in [7, 11) is 0. The van der Waals surface area contributed by atoms with E-state index >= 15 is 0 Å². The molecule has 136 valence electrons. The van der Waals surface area contributed by atoms with Crippen LogP contribution in [0.15, 0.2) is 24.8 Å². The van der Waals surface area contributed by atoms with Gasteiger partial charge in [0.25, 0.3) is 0 Å². The van der Waals surface area contributed by atoms with Crippen LogP contribution >= 0.6 is 11.6 Å². The number of halogens is 1. The number of hydrogen-bond acceptors (Lipinski definition) is 1. The third kappa shape index (κ3) is 8.24. The average Bonchev–Trinajstić information content (AvgIpc) is 2.55. The molecule has 0 heterocycles. The van der Waals surface area contributed by atoms with Crippen LogP contribution in [0, 0.1) is 0 Å². The smallest absolute Gasteiger partial charge is 0.0643 e. The monoisotopic (exact) mass is 349 g/mol. The Morgan fingerprint density at radius 1 is 1.00 bits per heavy atom. The first-order chi connectivity index (χ1) is 11.5. The first kappa shape index (κ1) is 21.1. The van der Waals surface area contributed by atoms with Gasteiger partial charge in [0, 0.05) is 5.54 Å². The van der Waals surface area contributed by atoms with Crippen LogP contribution in [0.3, 0.4) is 0 Å². The molecule has 0 aliphatic carbocycles. The fourth-order valence-corrected chi connectivity index (χ4v) is 3.35. The molecular weight excluding hydrogens is 314 g/mol. The van der Waals surface area contributed by atoms with Crippen molar-refractivity contribution in [2.24, 2.45) is 0 Å². The lowest BCUT2D eigenvalue weighted by molar-refractivity contribution is 0.470. The molecule has 0 aliphatic rings. The molecule has 0 saturated heterocycles. The van der Waals surface area contributed by atoms with Crippen molar-refractivity contribution >= 4 is 23.4 Å². The summed E-state index contributed by atoms with van der Waals surface area (Å²) in [6.45, 7) is 10.7. The maximum atomic E-state index is 6.36. The van der Waals surface area contributed by atoms with E-state index in [0.717, 1.165) is 22.7 Å². The van der Waals surface area contributed by atoms with Gasteiger partial charge < -0.3 is 5.32 Å². The van der Waals surface area contributed by atoms with Gasteiger partial charge in [0.05, 0.1) is 10.7 Å². The Bertz CT molecular complexity index is 479. The van der Waals surface area contributed by atoms with Crippen molar-refractivity contribution in [3.05, 3.63) is 35.4 Å². The molecule has 0 radical (unpaired) electrons. The number of benzene rings is 1. The van der Waals surface area contributed by atoms with E-state index in [1.807, 2.05) is 18.2 Å². The molecule has 1 N–H and O–H groups in total. The third-order valence-corrected chi connectivity index (χ3v) is 4.95. The minimum absolute atomic E-state index is 0.0455. The highest BCUT2D eigenvalue weighted by molar-refractivity contribution is 6.33. The summed E-state index contributed by atoms with van der Waals surface area (Å²) < 4.78 is 0. The summed E-state index contributed by atoms with van der Waals surface area (Å²) in [5, 5.41) is 4.40. The molecule has 0 unspecified atom stereocenters. The van der Waals surface area contributed by atoms with Gasteiger partial charge in [0.1, 0.15) is 0 Å². The predicted molar refractivity (Wildman–Crippen MR) is 111 cm³/mol. The van der Waals surface area contributed by atoms with Gasteiger partial charge >= 0.3 is 0 Å². The lowest BCUT2D eigenvalue weighted by Crippen LogP contribution is -2.31. The Labute approximate surface area is 154 Å². The highest BCUT2D eigenvalue weighted by Crippen LogP contribution is 2.31. The summed E-state index contributed by atoms with van der Waals surface area (Å²) >= 11 is 6.36. The van der Waals surface area contributed by atoms with E-state index in [4.69, 9.17) is 11.6 Å². The van der Waals surface area contributed by atoms with Crippen molar-refractivity contribution in [3.63, 3.8) is 0 Å². The Balaban J connectivity index is 2.28. The van der Waals surface area contributed by atoms with Gasteiger partial charge in [-0.15, -0.1) is 0 Å². The van der Waals surface area contributed by atoms with Crippen molar-refractivity contribution in [1.29, 1.82) is 0 Å². The molecule has 0 saturated carbocycles. The fraction of sp³-hybridized carbons (Fsp3) is 0.636.